The number of nitrogens with one attached hydrogen (secondary N) is 3. The molecule has 0 saturated heterocycles. The minimum absolute atomic E-state index is 0.149. The van der Waals surface area contributed by atoms with Crippen molar-refractivity contribution in [1.82, 2.24) is 16.0 Å². The average Bonchev–Trinajstić information content (AvgIpc) is 2.65. The Morgan fingerprint density at radius 2 is 1.29 bits per heavy atom. The lowest BCUT2D eigenvalue weighted by Gasteiger charge is -2.23. The minimum atomic E-state index is -1.48. The molecule has 0 rings (SSSR count). The van der Waals surface area contributed by atoms with Gasteiger partial charge in [-0.15, -0.1) is 0 Å². The van der Waals surface area contributed by atoms with Gasteiger partial charge in [0.05, 0.1) is 12.6 Å². The predicted molar refractivity (Wildman–Crippen MR) is 103 cm³/mol. The molecule has 160 valence electrons. The van der Waals surface area contributed by atoms with Gasteiger partial charge in [-0.1, -0.05) is 0 Å². The van der Waals surface area contributed by atoms with Crippen LogP contribution in [0.3, 0.4) is 0 Å². The first-order chi connectivity index (χ1) is 13.1. The van der Waals surface area contributed by atoms with Gasteiger partial charge in [0.25, 0.3) is 0 Å². The van der Waals surface area contributed by atoms with E-state index in [0.29, 0.717) is 0 Å². The topological polar surface area (TPSA) is 208 Å². The molecule has 0 spiro atoms. The highest BCUT2D eigenvalue weighted by atomic mass is 32.1. The molecule has 0 bridgehead atoms. The quantitative estimate of drug-likeness (QED) is 0.130. The summed E-state index contributed by atoms with van der Waals surface area (Å²) in [7, 11) is 0. The van der Waals surface area contributed by atoms with Crippen LogP contribution in [-0.4, -0.2) is 87.3 Å². The number of rotatable bonds is 13. The summed E-state index contributed by atoms with van der Waals surface area (Å²) in [6, 6.07) is -5.20. The Bertz CT molecular complexity index is 592. The molecule has 12 nitrogen and oxygen atoms in total. The van der Waals surface area contributed by atoms with E-state index in [1.807, 2.05) is 0 Å². The highest BCUT2D eigenvalue weighted by molar-refractivity contribution is 7.80. The van der Waals surface area contributed by atoms with Crippen LogP contribution in [0.25, 0.3) is 0 Å². The Morgan fingerprint density at radius 3 is 1.71 bits per heavy atom. The number of carbonyl (C=O) groups is 5. The normalized spacial score (nSPS) is 14.9. The lowest BCUT2D eigenvalue weighted by atomic mass is 10.1. The molecule has 0 fully saturated rings. The molecule has 0 aromatic heterocycles. The number of hydrogen-bond donors (Lipinski definition) is 9. The zero-order valence-corrected chi connectivity index (χ0v) is 16.5. The van der Waals surface area contributed by atoms with Gasteiger partial charge >= 0.3 is 11.9 Å². The molecule has 0 aliphatic carbocycles. The van der Waals surface area contributed by atoms with Crippen molar-refractivity contribution < 1.29 is 39.3 Å². The maximum absolute atomic E-state index is 12.2. The summed E-state index contributed by atoms with van der Waals surface area (Å²) in [5.41, 5.74) is 5.54. The molecule has 0 aromatic carbocycles. The van der Waals surface area contributed by atoms with Crippen molar-refractivity contribution >= 4 is 54.9 Å². The van der Waals surface area contributed by atoms with Gasteiger partial charge in [-0.3, -0.25) is 19.2 Å². The SMILES string of the molecule is NC(CCC(=O)O)C(=O)NC(CS)C(=O)NC(CO)C(=O)NC(CS)C(=O)O. The molecule has 4 unspecified atom stereocenters. The molecular formula is C14H24N4O8S2. The van der Waals surface area contributed by atoms with Gasteiger partial charge in [-0.05, 0) is 6.42 Å². The molecule has 28 heavy (non-hydrogen) atoms. The number of carboxylic acids is 2. The van der Waals surface area contributed by atoms with Crippen molar-refractivity contribution in [2.24, 2.45) is 5.73 Å². The second kappa shape index (κ2) is 13.2. The number of aliphatic hydroxyl groups is 1. The summed E-state index contributed by atoms with van der Waals surface area (Å²) in [6.45, 7) is -0.832. The molecule has 3 amide bonds. The Kier molecular flexibility index (Phi) is 12.2. The van der Waals surface area contributed by atoms with Crippen LogP contribution < -0.4 is 21.7 Å². The van der Waals surface area contributed by atoms with Crippen molar-refractivity contribution in [1.29, 1.82) is 0 Å². The van der Waals surface area contributed by atoms with E-state index in [9.17, 15) is 29.1 Å². The van der Waals surface area contributed by atoms with Gasteiger partial charge in [0.2, 0.25) is 17.7 Å². The van der Waals surface area contributed by atoms with Crippen molar-refractivity contribution in [2.45, 2.75) is 37.0 Å². The standard InChI is InChI=1S/C14H24N4O8S2/c15-6(1-2-10(20)21)11(22)17-8(4-27)13(24)16-7(3-19)12(23)18-9(5-28)14(25)26/h6-9,19,27-28H,1-5,15H2,(H,16,24)(H,17,22)(H,18,23)(H,20,21)(H,25,26). The predicted octanol–water partition coefficient (Wildman–Crippen LogP) is -3.43. The Morgan fingerprint density at radius 1 is 0.821 bits per heavy atom. The second-order valence-electron chi connectivity index (χ2n) is 5.61. The van der Waals surface area contributed by atoms with Gasteiger partial charge in [0, 0.05) is 17.9 Å². The van der Waals surface area contributed by atoms with E-state index in [0.717, 1.165) is 0 Å². The van der Waals surface area contributed by atoms with Crippen molar-refractivity contribution in [3.05, 3.63) is 0 Å². The Balaban J connectivity index is 4.86. The maximum atomic E-state index is 12.2. The molecule has 0 heterocycles. The average molecular weight is 441 g/mol. The van der Waals surface area contributed by atoms with Crippen LogP contribution in [-0.2, 0) is 24.0 Å². The van der Waals surface area contributed by atoms with E-state index in [2.05, 4.69) is 41.2 Å². The zero-order chi connectivity index (χ0) is 21.9. The summed E-state index contributed by atoms with van der Waals surface area (Å²) in [5, 5.41) is 33.3. The van der Waals surface area contributed by atoms with Crippen LogP contribution in [0.4, 0.5) is 0 Å². The number of carbonyl (C=O) groups excluding carboxylic acids is 3. The summed E-state index contributed by atoms with van der Waals surface area (Å²) in [5.74, 6) is -5.50. The summed E-state index contributed by atoms with van der Waals surface area (Å²) in [6.07, 6.45) is -0.487. The van der Waals surface area contributed by atoms with Gasteiger partial charge in [0.1, 0.15) is 18.1 Å². The number of hydrogen-bond acceptors (Lipinski definition) is 9. The van der Waals surface area contributed by atoms with E-state index >= 15 is 0 Å². The van der Waals surface area contributed by atoms with Crippen molar-refractivity contribution in [3.63, 3.8) is 0 Å². The first-order valence-electron chi connectivity index (χ1n) is 8.01. The monoisotopic (exact) mass is 440 g/mol. The summed E-state index contributed by atoms with van der Waals surface area (Å²) >= 11 is 7.70. The fourth-order valence-corrected chi connectivity index (χ4v) is 2.31. The van der Waals surface area contributed by atoms with Gasteiger partial charge in [-0.2, -0.15) is 25.3 Å². The van der Waals surface area contributed by atoms with Crippen LogP contribution in [0.2, 0.25) is 0 Å². The molecule has 0 aliphatic rings. The van der Waals surface area contributed by atoms with E-state index in [4.69, 9.17) is 15.9 Å². The number of carboxylic acid groups (broad SMARTS) is 2. The minimum Gasteiger partial charge on any atom is -0.481 e. The van der Waals surface area contributed by atoms with E-state index in [-0.39, 0.29) is 24.3 Å². The summed E-state index contributed by atoms with van der Waals surface area (Å²) < 4.78 is 0. The lowest BCUT2D eigenvalue weighted by molar-refractivity contribution is -0.142. The molecule has 0 radical (unpaired) electrons. The third-order valence-electron chi connectivity index (χ3n) is 3.43. The van der Waals surface area contributed by atoms with Gasteiger partial charge < -0.3 is 37.0 Å². The molecule has 8 N–H and O–H groups in total. The first-order valence-corrected chi connectivity index (χ1v) is 9.27. The molecule has 4 atom stereocenters. The fourth-order valence-electron chi connectivity index (χ4n) is 1.81. The summed E-state index contributed by atoms with van der Waals surface area (Å²) in [4.78, 5) is 57.6. The van der Waals surface area contributed by atoms with Crippen molar-refractivity contribution in [3.8, 4) is 0 Å². The highest BCUT2D eigenvalue weighted by Gasteiger charge is 2.29. The van der Waals surface area contributed by atoms with Crippen LogP contribution in [0.15, 0.2) is 0 Å². The lowest BCUT2D eigenvalue weighted by Crippen LogP contribution is -2.58. The van der Waals surface area contributed by atoms with Crippen LogP contribution in [0.1, 0.15) is 12.8 Å². The van der Waals surface area contributed by atoms with Crippen LogP contribution >= 0.6 is 25.3 Å². The molecule has 0 aliphatic heterocycles. The molecule has 14 heteroatoms. The second-order valence-corrected chi connectivity index (χ2v) is 6.34. The number of amides is 3. The third kappa shape index (κ3) is 9.25. The highest BCUT2D eigenvalue weighted by Crippen LogP contribution is 1.98. The Labute approximate surface area is 171 Å². The molecule has 0 aromatic rings. The van der Waals surface area contributed by atoms with Gasteiger partial charge in [-0.25, -0.2) is 4.79 Å². The van der Waals surface area contributed by atoms with E-state index < -0.39 is 60.4 Å². The molecular weight excluding hydrogens is 416 g/mol. The largest absolute Gasteiger partial charge is 0.481 e. The van der Waals surface area contributed by atoms with Crippen LogP contribution in [0, 0.1) is 0 Å². The smallest absolute Gasteiger partial charge is 0.327 e. The van der Waals surface area contributed by atoms with Crippen molar-refractivity contribution in [2.75, 3.05) is 18.1 Å². The van der Waals surface area contributed by atoms with Gasteiger partial charge in [0.15, 0.2) is 0 Å². The first kappa shape index (κ1) is 26.0. The number of aliphatic hydroxyl groups excluding tert-OH is 1. The van der Waals surface area contributed by atoms with E-state index in [1.54, 1.807) is 0 Å². The van der Waals surface area contributed by atoms with Crippen LogP contribution in [0.5, 0.6) is 0 Å². The third-order valence-corrected chi connectivity index (χ3v) is 4.16. The fraction of sp³-hybridized carbons (Fsp3) is 0.643. The van der Waals surface area contributed by atoms with E-state index in [1.165, 1.54) is 0 Å². The number of aliphatic carboxylic acids is 2. The zero-order valence-electron chi connectivity index (χ0n) is 14.7. The number of nitrogens with two attached hydrogens (primary N) is 1. The number of thiol groups is 2. The maximum Gasteiger partial charge on any atom is 0.327 e. The Hall–Kier alpha value is -2.03. The molecule has 0 saturated carbocycles.